The van der Waals surface area contributed by atoms with Gasteiger partial charge >= 0.3 is 0 Å². The fraction of sp³-hybridized carbons (Fsp3) is 0.538. The standard InChI is InChI=1S/C13H19NO/c1-8-9(2)12-10(7-11(8)15)13(3,4)5-6-14-12/h7,14-15H,5-6H2,1-4H3. The van der Waals surface area contributed by atoms with Crippen molar-refractivity contribution in [2.45, 2.75) is 39.5 Å². The van der Waals surface area contributed by atoms with E-state index in [0.717, 1.165) is 18.5 Å². The summed E-state index contributed by atoms with van der Waals surface area (Å²) in [6.45, 7) is 9.53. The Morgan fingerprint density at radius 1 is 1.27 bits per heavy atom. The highest BCUT2D eigenvalue weighted by molar-refractivity contribution is 5.66. The molecule has 15 heavy (non-hydrogen) atoms. The van der Waals surface area contributed by atoms with Gasteiger partial charge < -0.3 is 10.4 Å². The zero-order valence-electron chi connectivity index (χ0n) is 9.94. The first-order valence-electron chi connectivity index (χ1n) is 5.51. The Labute approximate surface area is 91.3 Å². The fourth-order valence-corrected chi connectivity index (χ4v) is 2.29. The van der Waals surface area contributed by atoms with Crippen molar-refractivity contribution in [2.75, 3.05) is 11.9 Å². The Kier molecular flexibility index (Phi) is 2.18. The average Bonchev–Trinajstić information content (AvgIpc) is 2.16. The van der Waals surface area contributed by atoms with Crippen LogP contribution in [-0.2, 0) is 5.41 Å². The molecule has 2 rings (SSSR count). The maximum atomic E-state index is 9.86. The minimum atomic E-state index is 0.163. The number of nitrogens with one attached hydrogen (secondary N) is 1. The van der Waals surface area contributed by atoms with E-state index in [-0.39, 0.29) is 5.41 Å². The van der Waals surface area contributed by atoms with Crippen molar-refractivity contribution in [2.24, 2.45) is 0 Å². The molecule has 1 aliphatic rings. The van der Waals surface area contributed by atoms with E-state index in [4.69, 9.17) is 0 Å². The van der Waals surface area contributed by atoms with Gasteiger partial charge in [0.05, 0.1) is 0 Å². The summed E-state index contributed by atoms with van der Waals surface area (Å²) in [6.07, 6.45) is 1.11. The molecule has 2 N–H and O–H groups in total. The topological polar surface area (TPSA) is 32.3 Å². The summed E-state index contributed by atoms with van der Waals surface area (Å²) >= 11 is 0. The van der Waals surface area contributed by atoms with Crippen molar-refractivity contribution >= 4 is 5.69 Å². The van der Waals surface area contributed by atoms with Crippen molar-refractivity contribution in [1.82, 2.24) is 0 Å². The molecule has 1 aliphatic heterocycles. The molecule has 0 amide bonds. The number of hydrogen-bond acceptors (Lipinski definition) is 2. The molecular formula is C13H19NO. The monoisotopic (exact) mass is 205 g/mol. The highest BCUT2D eigenvalue weighted by atomic mass is 16.3. The zero-order valence-corrected chi connectivity index (χ0v) is 9.94. The molecular weight excluding hydrogens is 186 g/mol. The van der Waals surface area contributed by atoms with E-state index < -0.39 is 0 Å². The first kappa shape index (κ1) is 10.3. The van der Waals surface area contributed by atoms with Crippen LogP contribution < -0.4 is 5.32 Å². The molecule has 0 atom stereocenters. The van der Waals surface area contributed by atoms with E-state index in [1.54, 1.807) is 0 Å². The van der Waals surface area contributed by atoms with Gasteiger partial charge in [0.2, 0.25) is 0 Å². The third-order valence-corrected chi connectivity index (χ3v) is 3.65. The Morgan fingerprint density at radius 2 is 1.93 bits per heavy atom. The van der Waals surface area contributed by atoms with Crippen molar-refractivity contribution in [3.63, 3.8) is 0 Å². The van der Waals surface area contributed by atoms with Gasteiger partial charge in [-0.25, -0.2) is 0 Å². The Hall–Kier alpha value is -1.18. The fourth-order valence-electron chi connectivity index (χ4n) is 2.29. The van der Waals surface area contributed by atoms with E-state index in [0.29, 0.717) is 5.75 Å². The van der Waals surface area contributed by atoms with E-state index in [9.17, 15) is 5.11 Å². The van der Waals surface area contributed by atoms with Crippen LogP contribution in [-0.4, -0.2) is 11.7 Å². The quantitative estimate of drug-likeness (QED) is 0.638. The first-order valence-corrected chi connectivity index (χ1v) is 5.51. The molecule has 0 fully saturated rings. The van der Waals surface area contributed by atoms with Crippen LogP contribution in [0.5, 0.6) is 5.75 Å². The summed E-state index contributed by atoms with van der Waals surface area (Å²) in [5.74, 6) is 0.419. The maximum Gasteiger partial charge on any atom is 0.119 e. The van der Waals surface area contributed by atoms with Gasteiger partial charge in [0.15, 0.2) is 0 Å². The molecule has 0 unspecified atom stereocenters. The number of benzene rings is 1. The molecule has 82 valence electrons. The number of fused-ring (bicyclic) bond motifs is 1. The van der Waals surface area contributed by atoms with Crippen LogP contribution >= 0.6 is 0 Å². The number of rotatable bonds is 0. The number of hydrogen-bond donors (Lipinski definition) is 2. The molecule has 0 aromatic heterocycles. The second-order valence-corrected chi connectivity index (χ2v) is 5.13. The van der Waals surface area contributed by atoms with E-state index in [1.807, 2.05) is 13.0 Å². The van der Waals surface area contributed by atoms with E-state index in [2.05, 4.69) is 26.1 Å². The van der Waals surface area contributed by atoms with Gasteiger partial charge in [0.1, 0.15) is 5.75 Å². The smallest absolute Gasteiger partial charge is 0.119 e. The van der Waals surface area contributed by atoms with Crippen molar-refractivity contribution in [1.29, 1.82) is 0 Å². The predicted molar refractivity (Wildman–Crippen MR) is 63.7 cm³/mol. The van der Waals surface area contributed by atoms with Gasteiger partial charge in [0.25, 0.3) is 0 Å². The van der Waals surface area contributed by atoms with Crippen LogP contribution in [0.2, 0.25) is 0 Å². The van der Waals surface area contributed by atoms with Gasteiger partial charge in [-0.2, -0.15) is 0 Å². The molecule has 0 saturated carbocycles. The van der Waals surface area contributed by atoms with Gasteiger partial charge in [-0.1, -0.05) is 13.8 Å². The SMILES string of the molecule is Cc1c(O)cc2c(c1C)NCCC2(C)C. The highest BCUT2D eigenvalue weighted by Crippen LogP contribution is 2.42. The molecule has 0 radical (unpaired) electrons. The molecule has 0 saturated heterocycles. The lowest BCUT2D eigenvalue weighted by Gasteiger charge is -2.35. The van der Waals surface area contributed by atoms with Gasteiger partial charge in [-0.15, -0.1) is 0 Å². The van der Waals surface area contributed by atoms with Crippen LogP contribution in [0.25, 0.3) is 0 Å². The lowest BCUT2D eigenvalue weighted by Crippen LogP contribution is -2.29. The predicted octanol–water partition coefficient (Wildman–Crippen LogP) is 3.10. The molecule has 1 aromatic rings. The maximum absolute atomic E-state index is 9.86. The lowest BCUT2D eigenvalue weighted by molar-refractivity contribution is 0.453. The second kappa shape index (κ2) is 3.16. The summed E-state index contributed by atoms with van der Waals surface area (Å²) in [5, 5.41) is 13.3. The minimum Gasteiger partial charge on any atom is -0.508 e. The van der Waals surface area contributed by atoms with Crippen molar-refractivity contribution < 1.29 is 5.11 Å². The third kappa shape index (κ3) is 1.48. The van der Waals surface area contributed by atoms with Crippen LogP contribution in [0, 0.1) is 13.8 Å². The summed E-state index contributed by atoms with van der Waals surface area (Å²) in [4.78, 5) is 0. The number of phenols is 1. The second-order valence-electron chi connectivity index (χ2n) is 5.13. The first-order chi connectivity index (χ1) is 6.93. The van der Waals surface area contributed by atoms with Crippen molar-refractivity contribution in [3.8, 4) is 5.75 Å². The molecule has 0 aliphatic carbocycles. The molecule has 1 aromatic carbocycles. The molecule has 0 bridgehead atoms. The Bertz CT molecular complexity index is 407. The summed E-state index contributed by atoms with van der Waals surface area (Å²) in [6, 6.07) is 1.92. The lowest BCUT2D eigenvalue weighted by atomic mass is 9.77. The van der Waals surface area contributed by atoms with E-state index >= 15 is 0 Å². The highest BCUT2D eigenvalue weighted by Gasteiger charge is 2.29. The van der Waals surface area contributed by atoms with E-state index in [1.165, 1.54) is 16.8 Å². The van der Waals surface area contributed by atoms with Crippen LogP contribution in [0.1, 0.15) is 37.0 Å². The molecule has 0 spiro atoms. The summed E-state index contributed by atoms with van der Waals surface area (Å²) < 4.78 is 0. The number of anilines is 1. The summed E-state index contributed by atoms with van der Waals surface area (Å²) in [5.41, 5.74) is 4.80. The largest absolute Gasteiger partial charge is 0.508 e. The number of phenolic OH excluding ortho intramolecular Hbond substituents is 1. The van der Waals surface area contributed by atoms with Crippen LogP contribution in [0.3, 0.4) is 0 Å². The normalized spacial score (nSPS) is 18.1. The minimum absolute atomic E-state index is 0.163. The zero-order chi connectivity index (χ0) is 11.2. The summed E-state index contributed by atoms with van der Waals surface area (Å²) in [7, 11) is 0. The average molecular weight is 205 g/mol. The van der Waals surface area contributed by atoms with Crippen LogP contribution in [0.4, 0.5) is 5.69 Å². The third-order valence-electron chi connectivity index (χ3n) is 3.65. The van der Waals surface area contributed by atoms with Gasteiger partial charge in [0, 0.05) is 12.2 Å². The molecule has 1 heterocycles. The molecule has 2 heteroatoms. The Morgan fingerprint density at radius 3 is 2.60 bits per heavy atom. The van der Waals surface area contributed by atoms with Crippen LogP contribution in [0.15, 0.2) is 6.07 Å². The van der Waals surface area contributed by atoms with Crippen molar-refractivity contribution in [3.05, 3.63) is 22.8 Å². The van der Waals surface area contributed by atoms with Gasteiger partial charge in [-0.05, 0) is 48.4 Å². The molecule has 2 nitrogen and oxygen atoms in total. The number of aromatic hydroxyl groups is 1. The Balaban J connectivity index is 2.69. The van der Waals surface area contributed by atoms with Gasteiger partial charge in [-0.3, -0.25) is 0 Å².